The van der Waals surface area contributed by atoms with E-state index in [2.05, 4.69) is 6.92 Å². The van der Waals surface area contributed by atoms with Gasteiger partial charge in [0, 0.05) is 30.3 Å². The summed E-state index contributed by atoms with van der Waals surface area (Å²) in [6.07, 6.45) is 17.3. The zero-order valence-electron chi connectivity index (χ0n) is 12.8. The van der Waals surface area contributed by atoms with E-state index in [0.717, 1.165) is 12.8 Å². The molecule has 0 rings (SSSR count). The summed E-state index contributed by atoms with van der Waals surface area (Å²) >= 11 is 0. The normalized spacial score (nSPS) is 10.2. The molecule has 4 radical (unpaired) electrons. The Bertz CT molecular complexity index is 184. The zero-order chi connectivity index (χ0) is 13.5. The van der Waals surface area contributed by atoms with Gasteiger partial charge in [-0.2, -0.15) is 0 Å². The fourth-order valence-electron chi connectivity index (χ4n) is 2.29. The van der Waals surface area contributed by atoms with Crippen LogP contribution in [0, 0.1) is 0 Å². The fraction of sp³-hybridized carbons (Fsp3) is 0.938. The molecular formula is C16H32O2Sn. The van der Waals surface area contributed by atoms with Crippen molar-refractivity contribution < 1.29 is 9.90 Å². The summed E-state index contributed by atoms with van der Waals surface area (Å²) in [5, 5.41) is 8.49. The third-order valence-electron chi connectivity index (χ3n) is 3.49. The first-order valence-electron chi connectivity index (χ1n) is 7.99. The largest absolute Gasteiger partial charge is 0.481 e. The van der Waals surface area contributed by atoms with E-state index < -0.39 is 5.97 Å². The number of hydrogen-bond donors (Lipinski definition) is 1. The molecule has 112 valence electrons. The zero-order valence-corrected chi connectivity index (χ0v) is 15.6. The van der Waals surface area contributed by atoms with Crippen LogP contribution in [0.3, 0.4) is 0 Å². The third kappa shape index (κ3) is 20.7. The molecule has 0 spiro atoms. The maximum atomic E-state index is 10.3. The van der Waals surface area contributed by atoms with Crippen LogP contribution in [-0.4, -0.2) is 35.0 Å². The topological polar surface area (TPSA) is 37.3 Å². The Kier molecular flexibility index (Phi) is 20.7. The Morgan fingerprint density at radius 3 is 1.32 bits per heavy atom. The van der Waals surface area contributed by atoms with Crippen LogP contribution in [0.4, 0.5) is 0 Å². The van der Waals surface area contributed by atoms with Crippen molar-refractivity contribution >= 4 is 29.9 Å². The van der Waals surface area contributed by atoms with Crippen molar-refractivity contribution in [2.45, 2.75) is 96.8 Å². The Morgan fingerprint density at radius 2 is 1.00 bits per heavy atom. The minimum atomic E-state index is -0.655. The molecule has 19 heavy (non-hydrogen) atoms. The van der Waals surface area contributed by atoms with Gasteiger partial charge in [0.15, 0.2) is 0 Å². The molecule has 0 aliphatic heterocycles. The Balaban J connectivity index is 0. The van der Waals surface area contributed by atoms with E-state index in [9.17, 15) is 4.79 Å². The van der Waals surface area contributed by atoms with Crippen molar-refractivity contribution in [1.29, 1.82) is 0 Å². The van der Waals surface area contributed by atoms with Crippen molar-refractivity contribution in [3.63, 3.8) is 0 Å². The molecule has 0 aliphatic carbocycles. The number of unbranched alkanes of at least 4 members (excludes halogenated alkanes) is 12. The first kappa shape index (κ1) is 21.6. The Morgan fingerprint density at radius 1 is 0.684 bits per heavy atom. The van der Waals surface area contributed by atoms with Crippen LogP contribution in [0.5, 0.6) is 0 Å². The van der Waals surface area contributed by atoms with E-state index in [-0.39, 0.29) is 23.9 Å². The molecule has 0 saturated carbocycles. The third-order valence-corrected chi connectivity index (χ3v) is 3.49. The summed E-state index contributed by atoms with van der Waals surface area (Å²) in [7, 11) is 0. The Hall–Kier alpha value is 0.269. The van der Waals surface area contributed by atoms with E-state index in [1.54, 1.807) is 0 Å². The van der Waals surface area contributed by atoms with E-state index in [1.807, 2.05) is 0 Å². The van der Waals surface area contributed by atoms with Gasteiger partial charge in [-0.15, -0.1) is 0 Å². The molecule has 0 bridgehead atoms. The van der Waals surface area contributed by atoms with Crippen LogP contribution in [-0.2, 0) is 4.79 Å². The molecule has 0 aromatic rings. The van der Waals surface area contributed by atoms with E-state index in [1.165, 1.54) is 70.6 Å². The molecule has 0 aromatic heterocycles. The quantitative estimate of drug-likeness (QED) is 0.336. The number of hydrogen-bond acceptors (Lipinski definition) is 1. The standard InChI is InChI=1S/C16H32O2.Sn/c1-2-3-4-5-6-7-8-9-10-11-12-13-14-15-16(17)18;/h2-15H2,1H3,(H,17,18);. The van der Waals surface area contributed by atoms with Crippen LogP contribution in [0.15, 0.2) is 0 Å². The van der Waals surface area contributed by atoms with E-state index >= 15 is 0 Å². The van der Waals surface area contributed by atoms with Crippen molar-refractivity contribution in [3.8, 4) is 0 Å². The monoisotopic (exact) mass is 376 g/mol. The molecule has 0 saturated heterocycles. The molecular weight excluding hydrogens is 343 g/mol. The van der Waals surface area contributed by atoms with Gasteiger partial charge in [-0.3, -0.25) is 4.79 Å². The van der Waals surface area contributed by atoms with Gasteiger partial charge >= 0.3 is 5.97 Å². The molecule has 0 unspecified atom stereocenters. The van der Waals surface area contributed by atoms with Crippen LogP contribution < -0.4 is 0 Å². The van der Waals surface area contributed by atoms with Gasteiger partial charge in [-0.05, 0) is 6.42 Å². The molecule has 0 heterocycles. The van der Waals surface area contributed by atoms with Crippen molar-refractivity contribution in [2.24, 2.45) is 0 Å². The number of carboxylic acids is 1. The van der Waals surface area contributed by atoms with Crippen LogP contribution in [0.2, 0.25) is 0 Å². The molecule has 0 aromatic carbocycles. The van der Waals surface area contributed by atoms with Gasteiger partial charge in [0.2, 0.25) is 0 Å². The van der Waals surface area contributed by atoms with Gasteiger partial charge in [-0.1, -0.05) is 84.0 Å². The molecule has 0 amide bonds. The number of carboxylic acid groups (broad SMARTS) is 1. The summed E-state index contributed by atoms with van der Waals surface area (Å²) < 4.78 is 0. The molecule has 3 heteroatoms. The summed E-state index contributed by atoms with van der Waals surface area (Å²) in [5.74, 6) is -0.655. The minimum absolute atomic E-state index is 0. The van der Waals surface area contributed by atoms with E-state index in [0.29, 0.717) is 6.42 Å². The molecule has 2 nitrogen and oxygen atoms in total. The first-order chi connectivity index (χ1) is 8.77. The number of rotatable bonds is 14. The van der Waals surface area contributed by atoms with Gasteiger partial charge in [0.25, 0.3) is 0 Å². The van der Waals surface area contributed by atoms with Gasteiger partial charge < -0.3 is 5.11 Å². The average Bonchev–Trinajstić information content (AvgIpc) is 2.34. The predicted molar refractivity (Wildman–Crippen MR) is 83.7 cm³/mol. The molecule has 1 N–H and O–H groups in total. The van der Waals surface area contributed by atoms with Crippen LogP contribution in [0.1, 0.15) is 96.8 Å². The Labute approximate surface area is 136 Å². The van der Waals surface area contributed by atoms with Crippen LogP contribution >= 0.6 is 0 Å². The second kappa shape index (κ2) is 18.3. The van der Waals surface area contributed by atoms with Crippen molar-refractivity contribution in [2.75, 3.05) is 0 Å². The predicted octanol–water partition coefficient (Wildman–Crippen LogP) is 5.17. The summed E-state index contributed by atoms with van der Waals surface area (Å²) in [5.41, 5.74) is 0. The maximum absolute atomic E-state index is 10.3. The summed E-state index contributed by atoms with van der Waals surface area (Å²) in [4.78, 5) is 10.3. The second-order valence-electron chi connectivity index (χ2n) is 5.39. The molecule has 0 atom stereocenters. The van der Waals surface area contributed by atoms with Crippen LogP contribution in [0.25, 0.3) is 0 Å². The second-order valence-corrected chi connectivity index (χ2v) is 5.39. The minimum Gasteiger partial charge on any atom is -0.481 e. The van der Waals surface area contributed by atoms with Crippen molar-refractivity contribution in [1.82, 2.24) is 0 Å². The maximum Gasteiger partial charge on any atom is 0.303 e. The van der Waals surface area contributed by atoms with E-state index in [4.69, 9.17) is 5.11 Å². The van der Waals surface area contributed by atoms with Gasteiger partial charge in [0.05, 0.1) is 0 Å². The fourth-order valence-corrected chi connectivity index (χ4v) is 2.29. The van der Waals surface area contributed by atoms with Gasteiger partial charge in [-0.25, -0.2) is 0 Å². The van der Waals surface area contributed by atoms with Gasteiger partial charge in [0.1, 0.15) is 0 Å². The first-order valence-corrected chi connectivity index (χ1v) is 7.99. The summed E-state index contributed by atoms with van der Waals surface area (Å²) in [6, 6.07) is 0. The van der Waals surface area contributed by atoms with Crippen molar-refractivity contribution in [3.05, 3.63) is 0 Å². The SMILES string of the molecule is CCCCCCCCCCCCCCCC(=O)O.[Sn]. The number of carbonyl (C=O) groups is 1. The summed E-state index contributed by atoms with van der Waals surface area (Å²) in [6.45, 7) is 2.26. The molecule has 0 fully saturated rings. The number of aliphatic carboxylic acids is 1. The molecule has 0 aliphatic rings. The average molecular weight is 375 g/mol. The smallest absolute Gasteiger partial charge is 0.303 e.